The van der Waals surface area contributed by atoms with Crippen molar-refractivity contribution in [1.29, 1.82) is 10.5 Å². The standard InChI is InChI=1S/C9H4N2O2/c10-3-6-1-8-9(13-5-12-8)2-7(6)4-11/h1-2H,5H2. The highest BCUT2D eigenvalue weighted by Crippen LogP contribution is 2.34. The normalized spacial score (nSPS) is 11.8. The Morgan fingerprint density at radius 2 is 1.46 bits per heavy atom. The fraction of sp³-hybridized carbons (Fsp3) is 0.111. The van der Waals surface area contributed by atoms with Gasteiger partial charge in [0.15, 0.2) is 11.5 Å². The molecule has 0 aliphatic carbocycles. The molecule has 0 unspecified atom stereocenters. The van der Waals surface area contributed by atoms with Crippen LogP contribution in [0.2, 0.25) is 0 Å². The molecule has 4 heteroatoms. The van der Waals surface area contributed by atoms with Gasteiger partial charge in [0.2, 0.25) is 6.79 Å². The molecule has 0 saturated heterocycles. The first-order valence-corrected chi connectivity index (χ1v) is 3.59. The first-order valence-electron chi connectivity index (χ1n) is 3.59. The average Bonchev–Trinajstić information content (AvgIpc) is 2.62. The van der Waals surface area contributed by atoms with Gasteiger partial charge in [-0.15, -0.1) is 0 Å². The molecule has 0 aromatic heterocycles. The van der Waals surface area contributed by atoms with Crippen LogP contribution in [0.15, 0.2) is 12.1 Å². The summed E-state index contributed by atoms with van der Waals surface area (Å²) in [5.41, 5.74) is 0.624. The molecule has 0 spiro atoms. The molecule has 1 aliphatic rings. The number of rotatable bonds is 0. The van der Waals surface area contributed by atoms with Crippen molar-refractivity contribution in [1.82, 2.24) is 0 Å². The predicted molar refractivity (Wildman–Crippen MR) is 42.0 cm³/mol. The number of fused-ring (bicyclic) bond motifs is 1. The summed E-state index contributed by atoms with van der Waals surface area (Å²) >= 11 is 0. The molecule has 62 valence electrons. The van der Waals surface area contributed by atoms with Crippen LogP contribution < -0.4 is 9.47 Å². The third kappa shape index (κ3) is 1.05. The van der Waals surface area contributed by atoms with Crippen molar-refractivity contribution >= 4 is 0 Å². The molecule has 1 heterocycles. The van der Waals surface area contributed by atoms with Gasteiger partial charge in [-0.1, -0.05) is 0 Å². The van der Waals surface area contributed by atoms with Crippen molar-refractivity contribution in [3.63, 3.8) is 0 Å². The van der Waals surface area contributed by atoms with Gasteiger partial charge in [0.1, 0.15) is 12.1 Å². The Morgan fingerprint density at radius 3 is 1.85 bits per heavy atom. The minimum Gasteiger partial charge on any atom is -0.454 e. The van der Waals surface area contributed by atoms with E-state index in [0.717, 1.165) is 0 Å². The maximum absolute atomic E-state index is 8.68. The molecular formula is C9H4N2O2. The summed E-state index contributed by atoms with van der Waals surface area (Å²) in [6.07, 6.45) is 0. The zero-order chi connectivity index (χ0) is 9.26. The van der Waals surface area contributed by atoms with Crippen LogP contribution in [0, 0.1) is 22.7 Å². The van der Waals surface area contributed by atoms with Crippen LogP contribution in [0.1, 0.15) is 11.1 Å². The van der Waals surface area contributed by atoms with E-state index in [9.17, 15) is 0 Å². The lowest BCUT2D eigenvalue weighted by Gasteiger charge is -1.97. The molecule has 0 N–H and O–H groups in total. The summed E-state index contributed by atoms with van der Waals surface area (Å²) in [5.74, 6) is 1.05. The van der Waals surface area contributed by atoms with Crippen molar-refractivity contribution in [2.75, 3.05) is 6.79 Å². The number of nitrogens with zero attached hydrogens (tertiary/aromatic N) is 2. The van der Waals surface area contributed by atoms with Crippen LogP contribution in [0.5, 0.6) is 11.5 Å². The highest BCUT2D eigenvalue weighted by molar-refractivity contribution is 5.56. The minimum absolute atomic E-state index is 0.148. The lowest BCUT2D eigenvalue weighted by molar-refractivity contribution is 0.174. The second kappa shape index (κ2) is 2.69. The van der Waals surface area contributed by atoms with Gasteiger partial charge in [0.05, 0.1) is 11.1 Å². The SMILES string of the molecule is N#Cc1cc2c(cc1C#N)OCO2. The van der Waals surface area contributed by atoms with Gasteiger partial charge in [-0.3, -0.25) is 0 Å². The lowest BCUT2D eigenvalue weighted by Crippen LogP contribution is -1.92. The van der Waals surface area contributed by atoms with E-state index < -0.39 is 0 Å². The van der Waals surface area contributed by atoms with Gasteiger partial charge >= 0.3 is 0 Å². The van der Waals surface area contributed by atoms with Crippen LogP contribution >= 0.6 is 0 Å². The Kier molecular flexibility index (Phi) is 1.54. The van der Waals surface area contributed by atoms with Gasteiger partial charge in [-0.05, 0) is 0 Å². The second-order valence-electron chi connectivity index (χ2n) is 2.47. The topological polar surface area (TPSA) is 66.0 Å². The zero-order valence-corrected chi connectivity index (χ0v) is 6.57. The van der Waals surface area contributed by atoms with Crippen LogP contribution in [0.25, 0.3) is 0 Å². The van der Waals surface area contributed by atoms with E-state index in [1.54, 1.807) is 0 Å². The molecule has 0 fully saturated rings. The second-order valence-corrected chi connectivity index (χ2v) is 2.47. The van der Waals surface area contributed by atoms with Crippen LogP contribution in [-0.4, -0.2) is 6.79 Å². The molecule has 2 rings (SSSR count). The highest BCUT2D eigenvalue weighted by Gasteiger charge is 2.16. The number of nitriles is 2. The monoisotopic (exact) mass is 172 g/mol. The van der Waals surface area contributed by atoms with Gasteiger partial charge in [0.25, 0.3) is 0 Å². The molecule has 1 aliphatic heterocycles. The number of hydrogen-bond acceptors (Lipinski definition) is 4. The first-order chi connectivity index (χ1) is 6.35. The molecular weight excluding hydrogens is 168 g/mol. The van der Waals surface area contributed by atoms with Crippen molar-refractivity contribution in [2.24, 2.45) is 0 Å². The Morgan fingerprint density at radius 1 is 1.00 bits per heavy atom. The molecule has 0 bridgehead atoms. The van der Waals surface area contributed by atoms with Gasteiger partial charge < -0.3 is 9.47 Å². The van der Waals surface area contributed by atoms with E-state index in [0.29, 0.717) is 22.6 Å². The van der Waals surface area contributed by atoms with Gasteiger partial charge in [-0.2, -0.15) is 10.5 Å². The summed E-state index contributed by atoms with van der Waals surface area (Å²) < 4.78 is 10.1. The maximum Gasteiger partial charge on any atom is 0.231 e. The van der Waals surface area contributed by atoms with Crippen LogP contribution in [-0.2, 0) is 0 Å². The van der Waals surface area contributed by atoms with Crippen molar-refractivity contribution < 1.29 is 9.47 Å². The summed E-state index contributed by atoms with van der Waals surface area (Å²) in [7, 11) is 0. The fourth-order valence-electron chi connectivity index (χ4n) is 1.13. The van der Waals surface area contributed by atoms with E-state index in [4.69, 9.17) is 20.0 Å². The number of benzene rings is 1. The quantitative estimate of drug-likeness (QED) is 0.588. The number of hydrogen-bond donors (Lipinski definition) is 0. The summed E-state index contributed by atoms with van der Waals surface area (Å²) in [6.45, 7) is 0.148. The van der Waals surface area contributed by atoms with E-state index in [1.807, 2.05) is 12.1 Å². The summed E-state index contributed by atoms with van der Waals surface area (Å²) in [6, 6.07) is 6.87. The molecule has 0 saturated carbocycles. The van der Waals surface area contributed by atoms with Crippen LogP contribution in [0.3, 0.4) is 0 Å². The highest BCUT2D eigenvalue weighted by atomic mass is 16.7. The van der Waals surface area contributed by atoms with Crippen molar-refractivity contribution in [3.05, 3.63) is 23.3 Å². The maximum atomic E-state index is 8.68. The molecule has 13 heavy (non-hydrogen) atoms. The predicted octanol–water partition coefficient (Wildman–Crippen LogP) is 1.16. The average molecular weight is 172 g/mol. The van der Waals surface area contributed by atoms with Crippen LogP contribution in [0.4, 0.5) is 0 Å². The van der Waals surface area contributed by atoms with Crippen molar-refractivity contribution in [3.8, 4) is 23.6 Å². The first kappa shape index (κ1) is 7.45. The van der Waals surface area contributed by atoms with Gasteiger partial charge in [0, 0.05) is 12.1 Å². The largest absolute Gasteiger partial charge is 0.454 e. The molecule has 1 aromatic rings. The molecule has 0 radical (unpaired) electrons. The summed E-state index contributed by atoms with van der Waals surface area (Å²) in [4.78, 5) is 0. The van der Waals surface area contributed by atoms with E-state index >= 15 is 0 Å². The minimum atomic E-state index is 0.148. The molecule has 0 amide bonds. The summed E-state index contributed by atoms with van der Waals surface area (Å²) in [5, 5.41) is 17.4. The van der Waals surface area contributed by atoms with E-state index in [-0.39, 0.29) is 6.79 Å². The van der Waals surface area contributed by atoms with E-state index in [2.05, 4.69) is 0 Å². The third-order valence-electron chi connectivity index (χ3n) is 1.75. The Bertz CT molecular complexity index is 399. The number of ether oxygens (including phenoxy) is 2. The Labute approximate surface area is 74.5 Å². The molecule has 4 nitrogen and oxygen atoms in total. The van der Waals surface area contributed by atoms with E-state index in [1.165, 1.54) is 12.1 Å². The Hall–Kier alpha value is -2.20. The van der Waals surface area contributed by atoms with Crippen molar-refractivity contribution in [2.45, 2.75) is 0 Å². The van der Waals surface area contributed by atoms with Gasteiger partial charge in [-0.25, -0.2) is 0 Å². The Balaban J connectivity index is 2.63. The zero-order valence-electron chi connectivity index (χ0n) is 6.57. The molecule has 1 aromatic carbocycles. The third-order valence-corrected chi connectivity index (χ3v) is 1.75. The fourth-order valence-corrected chi connectivity index (χ4v) is 1.13. The smallest absolute Gasteiger partial charge is 0.231 e. The lowest BCUT2D eigenvalue weighted by atomic mass is 10.1. The molecule has 0 atom stereocenters.